The summed E-state index contributed by atoms with van der Waals surface area (Å²) in [4.78, 5) is 26.0. The van der Waals surface area contributed by atoms with Gasteiger partial charge in [0.2, 0.25) is 0 Å². The molecule has 8 nitrogen and oxygen atoms in total. The highest BCUT2D eigenvalue weighted by molar-refractivity contribution is 6.10. The van der Waals surface area contributed by atoms with Gasteiger partial charge in [0.1, 0.15) is 5.69 Å². The number of hydrogen-bond donors (Lipinski definition) is 2. The molecule has 0 saturated heterocycles. The van der Waals surface area contributed by atoms with Crippen LogP contribution in [0, 0.1) is 0 Å². The van der Waals surface area contributed by atoms with E-state index in [4.69, 9.17) is 14.6 Å². The van der Waals surface area contributed by atoms with Crippen molar-refractivity contribution in [2.24, 2.45) is 0 Å². The van der Waals surface area contributed by atoms with Crippen LogP contribution in [-0.2, 0) is 22.5 Å². The number of alkyl halides is 3. The molecule has 1 aromatic carbocycles. The number of carbonyl (C=O) groups excluding carboxylic acids is 1. The third kappa shape index (κ3) is 6.48. The number of amides is 1. The predicted molar refractivity (Wildman–Crippen MR) is 134 cm³/mol. The van der Waals surface area contributed by atoms with Crippen LogP contribution < -0.4 is 5.32 Å². The normalized spacial score (nSPS) is 11.5. The molecule has 0 unspecified atom stereocenters. The summed E-state index contributed by atoms with van der Waals surface area (Å²) in [5.41, 5.74) is 5.19. The number of carboxylic acids is 1. The van der Waals surface area contributed by atoms with Gasteiger partial charge in [-0.2, -0.15) is 13.2 Å². The molecule has 0 saturated carbocycles. The Balaban J connectivity index is 0.000000479. The summed E-state index contributed by atoms with van der Waals surface area (Å²) in [7, 11) is 1.69. The fourth-order valence-electron chi connectivity index (χ4n) is 4.13. The number of carbonyl (C=O) groups is 2. The number of pyridine rings is 1. The Morgan fingerprint density at radius 3 is 2.35 bits per heavy atom. The first kappa shape index (κ1) is 27.7. The van der Waals surface area contributed by atoms with E-state index in [9.17, 15) is 18.0 Å². The number of carboxylic acid groups (broad SMARTS) is 1. The molecule has 4 aromatic rings. The molecule has 37 heavy (non-hydrogen) atoms. The summed E-state index contributed by atoms with van der Waals surface area (Å²) in [5, 5.41) is 11.4. The van der Waals surface area contributed by atoms with Crippen LogP contribution >= 0.6 is 0 Å². The topological polar surface area (TPSA) is 98.4 Å². The van der Waals surface area contributed by atoms with E-state index < -0.39 is 12.1 Å². The lowest BCUT2D eigenvalue weighted by atomic mass is 10.2. The number of benzene rings is 1. The number of rotatable bonds is 8. The van der Waals surface area contributed by atoms with Crippen LogP contribution in [0.2, 0.25) is 0 Å². The highest BCUT2D eigenvalue weighted by atomic mass is 19.4. The highest BCUT2D eigenvalue weighted by Gasteiger charge is 2.38. The smallest absolute Gasteiger partial charge is 0.475 e. The molecule has 11 heteroatoms. The first-order valence-corrected chi connectivity index (χ1v) is 11.6. The van der Waals surface area contributed by atoms with Gasteiger partial charge in [-0.1, -0.05) is 18.2 Å². The van der Waals surface area contributed by atoms with Gasteiger partial charge in [0.25, 0.3) is 5.91 Å². The van der Waals surface area contributed by atoms with Crippen LogP contribution in [0.1, 0.15) is 35.9 Å². The standard InChI is InChI=1S/C24H28N4O2.C2HF3O2/c1-17(2)28-20-7-5-4-6-19(20)23-21(28)16-22(27(23)14-15-30-3)24(29)26-13-10-18-8-11-25-12-9-18;3-2(4,5)1(6)7/h4-9,11-12,16-17H,10,13-15H2,1-3H3,(H,26,29);(H,6,7). The number of aromatic nitrogens is 3. The van der Waals surface area contributed by atoms with Crippen LogP contribution in [0.3, 0.4) is 0 Å². The summed E-state index contributed by atoms with van der Waals surface area (Å²) < 4.78 is 41.5. The van der Waals surface area contributed by atoms with E-state index in [0.717, 1.165) is 28.4 Å². The van der Waals surface area contributed by atoms with Crippen molar-refractivity contribution in [3.63, 3.8) is 0 Å². The molecule has 0 aliphatic heterocycles. The lowest BCUT2D eigenvalue weighted by Crippen LogP contribution is -2.28. The predicted octanol–water partition coefficient (Wildman–Crippen LogP) is 4.82. The maximum absolute atomic E-state index is 13.1. The van der Waals surface area contributed by atoms with Crippen molar-refractivity contribution >= 4 is 33.8 Å². The lowest BCUT2D eigenvalue weighted by Gasteiger charge is -2.11. The van der Waals surface area contributed by atoms with Crippen LogP contribution in [-0.4, -0.2) is 57.5 Å². The second-order valence-electron chi connectivity index (χ2n) is 8.55. The largest absolute Gasteiger partial charge is 0.490 e. The first-order chi connectivity index (χ1) is 17.6. The molecule has 0 radical (unpaired) electrons. The Bertz CT molecular complexity index is 1360. The van der Waals surface area contributed by atoms with Crippen molar-refractivity contribution in [3.8, 4) is 0 Å². The number of methoxy groups -OCH3 is 1. The molecule has 3 heterocycles. The van der Waals surface area contributed by atoms with Gasteiger partial charge in [0, 0.05) is 44.0 Å². The van der Waals surface area contributed by atoms with E-state index in [1.807, 2.05) is 18.2 Å². The Labute approximate surface area is 211 Å². The number of para-hydroxylation sites is 1. The Kier molecular flexibility index (Phi) is 8.93. The molecule has 0 atom stereocenters. The second kappa shape index (κ2) is 11.9. The zero-order valence-electron chi connectivity index (χ0n) is 20.7. The number of nitrogens with zero attached hydrogens (tertiary/aromatic N) is 3. The average molecular weight is 519 g/mol. The highest BCUT2D eigenvalue weighted by Crippen LogP contribution is 2.34. The zero-order valence-corrected chi connectivity index (χ0v) is 20.7. The van der Waals surface area contributed by atoms with Crippen molar-refractivity contribution in [1.29, 1.82) is 0 Å². The summed E-state index contributed by atoms with van der Waals surface area (Å²) in [6, 6.07) is 14.6. The quantitative estimate of drug-likeness (QED) is 0.348. The maximum atomic E-state index is 13.1. The summed E-state index contributed by atoms with van der Waals surface area (Å²) >= 11 is 0. The minimum atomic E-state index is -5.08. The fourth-order valence-corrected chi connectivity index (χ4v) is 4.13. The van der Waals surface area contributed by atoms with Gasteiger partial charge in [-0.15, -0.1) is 0 Å². The van der Waals surface area contributed by atoms with Crippen molar-refractivity contribution in [3.05, 3.63) is 66.1 Å². The number of ether oxygens (including phenoxy) is 1. The van der Waals surface area contributed by atoms with E-state index >= 15 is 0 Å². The van der Waals surface area contributed by atoms with Gasteiger partial charge < -0.3 is 24.3 Å². The van der Waals surface area contributed by atoms with Crippen LogP contribution in [0.15, 0.2) is 54.9 Å². The fraction of sp³-hybridized carbons (Fsp3) is 0.346. The van der Waals surface area contributed by atoms with E-state index in [1.165, 1.54) is 5.52 Å². The molecule has 0 aliphatic carbocycles. The van der Waals surface area contributed by atoms with Crippen LogP contribution in [0.25, 0.3) is 21.9 Å². The summed E-state index contributed by atoms with van der Waals surface area (Å²) in [6.07, 6.45) is -0.765. The lowest BCUT2D eigenvalue weighted by molar-refractivity contribution is -0.192. The summed E-state index contributed by atoms with van der Waals surface area (Å²) in [5.74, 6) is -2.82. The van der Waals surface area contributed by atoms with Gasteiger partial charge >= 0.3 is 12.1 Å². The number of hydrogen-bond acceptors (Lipinski definition) is 4. The molecule has 4 rings (SSSR count). The van der Waals surface area contributed by atoms with E-state index in [1.54, 1.807) is 19.5 Å². The molecule has 198 valence electrons. The SMILES string of the molecule is COCCn1c(C(=O)NCCc2ccncc2)cc2c1c1ccccc1n2C(C)C.O=C(O)C(F)(F)F. The monoisotopic (exact) mass is 518 g/mol. The van der Waals surface area contributed by atoms with Gasteiger partial charge in [-0.05, 0) is 50.1 Å². The molecule has 2 N–H and O–H groups in total. The maximum Gasteiger partial charge on any atom is 0.490 e. The molecular weight excluding hydrogens is 489 g/mol. The number of aliphatic carboxylic acids is 1. The molecule has 0 fully saturated rings. The number of fused-ring (bicyclic) bond motifs is 3. The summed E-state index contributed by atoms with van der Waals surface area (Å²) in [6.45, 7) is 6.09. The van der Waals surface area contributed by atoms with Crippen molar-refractivity contribution in [2.45, 2.75) is 39.0 Å². The van der Waals surface area contributed by atoms with Crippen molar-refractivity contribution in [2.75, 3.05) is 20.3 Å². The Morgan fingerprint density at radius 2 is 1.76 bits per heavy atom. The average Bonchev–Trinajstić information content (AvgIpc) is 3.37. The van der Waals surface area contributed by atoms with Crippen LogP contribution in [0.4, 0.5) is 13.2 Å². The zero-order chi connectivity index (χ0) is 27.2. The molecule has 3 aromatic heterocycles. The Hall–Kier alpha value is -3.86. The van der Waals surface area contributed by atoms with Gasteiger partial charge in [0.05, 0.1) is 23.2 Å². The third-order valence-electron chi connectivity index (χ3n) is 5.71. The third-order valence-corrected chi connectivity index (χ3v) is 5.71. The van der Waals surface area contributed by atoms with E-state index in [-0.39, 0.29) is 11.9 Å². The Morgan fingerprint density at radius 1 is 1.11 bits per heavy atom. The first-order valence-electron chi connectivity index (χ1n) is 11.6. The van der Waals surface area contributed by atoms with Crippen LogP contribution in [0.5, 0.6) is 0 Å². The second-order valence-corrected chi connectivity index (χ2v) is 8.55. The minimum absolute atomic E-state index is 0.0595. The number of nitrogens with one attached hydrogen (secondary N) is 1. The minimum Gasteiger partial charge on any atom is -0.475 e. The molecule has 0 bridgehead atoms. The molecule has 0 spiro atoms. The van der Waals surface area contributed by atoms with E-state index in [0.29, 0.717) is 25.4 Å². The molecule has 1 amide bonds. The number of halogens is 3. The van der Waals surface area contributed by atoms with Gasteiger partial charge in [-0.25, -0.2) is 4.79 Å². The van der Waals surface area contributed by atoms with Gasteiger partial charge in [-0.3, -0.25) is 9.78 Å². The van der Waals surface area contributed by atoms with Crippen molar-refractivity contribution < 1.29 is 32.6 Å². The molecular formula is C26H29F3N4O4. The molecule has 0 aliphatic rings. The van der Waals surface area contributed by atoms with Gasteiger partial charge in [0.15, 0.2) is 0 Å². The van der Waals surface area contributed by atoms with Crippen molar-refractivity contribution in [1.82, 2.24) is 19.4 Å². The van der Waals surface area contributed by atoms with E-state index in [2.05, 4.69) is 57.5 Å².